The normalized spacial score (nSPS) is 23.8. The molecule has 1 aromatic rings. The van der Waals surface area contributed by atoms with E-state index in [4.69, 9.17) is 24.7 Å². The molecule has 0 spiro atoms. The summed E-state index contributed by atoms with van der Waals surface area (Å²) in [6.45, 7) is 3.28. The molecule has 1 amide bonds. The minimum absolute atomic E-state index is 0.00798. The van der Waals surface area contributed by atoms with Crippen LogP contribution in [0.15, 0.2) is 11.3 Å². The van der Waals surface area contributed by atoms with E-state index in [9.17, 15) is 14.2 Å². The van der Waals surface area contributed by atoms with Gasteiger partial charge < -0.3 is 24.6 Å². The van der Waals surface area contributed by atoms with Crippen LogP contribution in [0.5, 0.6) is 0 Å². The topological polar surface area (TPSA) is 185 Å². The standard InChI is InChI=1S/C16H23FN5O8P/c1-4-5-19-15-12(14(18)21-8(2)23)20-7-22(15)16-11(17)13(29-9(3)24)10(30-16)6-28-31(25,26)27/h5,7,10-11,13,16H,4,6H2,1-3H3,(H2,18,21,23)(H2,25,26,27). The number of rotatable bonds is 8. The molecule has 0 aromatic carbocycles. The molecule has 0 aliphatic carbocycles. The smallest absolute Gasteiger partial charge is 0.456 e. The fraction of sp³-hybridized carbons (Fsp3) is 0.562. The van der Waals surface area contributed by atoms with E-state index in [0.717, 1.165) is 17.8 Å². The maximum Gasteiger partial charge on any atom is 0.469 e. The van der Waals surface area contributed by atoms with Crippen molar-refractivity contribution in [3.63, 3.8) is 0 Å². The van der Waals surface area contributed by atoms with E-state index in [0.29, 0.717) is 6.42 Å². The van der Waals surface area contributed by atoms with Crippen LogP contribution in [-0.4, -0.2) is 68.3 Å². The SMILES string of the molecule is CCC=Nc1c(C(=N)NC(C)=O)ncn1C1OC(COP(=O)(O)O)C(OC(C)=O)C1F. The average molecular weight is 463 g/mol. The zero-order valence-corrected chi connectivity index (χ0v) is 17.8. The van der Waals surface area contributed by atoms with Crippen molar-refractivity contribution >= 4 is 37.6 Å². The number of hydrogen-bond acceptors (Lipinski definition) is 9. The van der Waals surface area contributed by atoms with Crippen LogP contribution in [0.25, 0.3) is 0 Å². The Hall–Kier alpha value is -2.51. The van der Waals surface area contributed by atoms with E-state index in [1.807, 2.05) is 0 Å². The molecule has 2 rings (SSSR count). The second kappa shape index (κ2) is 10.2. The van der Waals surface area contributed by atoms with Crippen molar-refractivity contribution in [2.24, 2.45) is 4.99 Å². The van der Waals surface area contributed by atoms with Gasteiger partial charge in [-0.25, -0.2) is 18.9 Å². The Bertz CT molecular complexity index is 916. The first-order valence-electron chi connectivity index (χ1n) is 9.07. The largest absolute Gasteiger partial charge is 0.469 e. The van der Waals surface area contributed by atoms with Gasteiger partial charge in [0.15, 0.2) is 30.2 Å². The van der Waals surface area contributed by atoms with Gasteiger partial charge in [-0.2, -0.15) is 0 Å². The lowest BCUT2D eigenvalue weighted by Gasteiger charge is -2.18. The van der Waals surface area contributed by atoms with E-state index in [1.165, 1.54) is 13.1 Å². The summed E-state index contributed by atoms with van der Waals surface area (Å²) in [5.74, 6) is -1.73. The second-order valence-corrected chi connectivity index (χ2v) is 7.71. The molecule has 31 heavy (non-hydrogen) atoms. The Kier molecular flexibility index (Phi) is 8.14. The van der Waals surface area contributed by atoms with Gasteiger partial charge in [0.1, 0.15) is 11.8 Å². The van der Waals surface area contributed by atoms with Crippen LogP contribution < -0.4 is 5.32 Å². The zero-order valence-electron chi connectivity index (χ0n) is 16.9. The van der Waals surface area contributed by atoms with Crippen molar-refractivity contribution in [2.75, 3.05) is 6.61 Å². The zero-order chi connectivity index (χ0) is 23.3. The van der Waals surface area contributed by atoms with Gasteiger partial charge in [-0.15, -0.1) is 0 Å². The molecule has 4 atom stereocenters. The van der Waals surface area contributed by atoms with E-state index in [2.05, 4.69) is 19.8 Å². The highest BCUT2D eigenvalue weighted by atomic mass is 31.2. The molecule has 15 heteroatoms. The Balaban J connectivity index is 2.41. The third-order valence-corrected chi connectivity index (χ3v) is 4.44. The molecule has 13 nitrogen and oxygen atoms in total. The van der Waals surface area contributed by atoms with Crippen molar-refractivity contribution in [3.8, 4) is 0 Å². The Morgan fingerprint density at radius 2 is 2.16 bits per heavy atom. The summed E-state index contributed by atoms with van der Waals surface area (Å²) >= 11 is 0. The number of alkyl halides is 1. The Morgan fingerprint density at radius 1 is 1.48 bits per heavy atom. The van der Waals surface area contributed by atoms with Crippen molar-refractivity contribution in [1.82, 2.24) is 14.9 Å². The van der Waals surface area contributed by atoms with Crippen molar-refractivity contribution in [1.29, 1.82) is 5.41 Å². The molecule has 1 fully saturated rings. The van der Waals surface area contributed by atoms with Crippen molar-refractivity contribution < 1.29 is 42.3 Å². The third-order valence-electron chi connectivity index (χ3n) is 3.95. The lowest BCUT2D eigenvalue weighted by Crippen LogP contribution is -2.35. The van der Waals surface area contributed by atoms with Crippen LogP contribution in [-0.2, 0) is 28.2 Å². The number of phosphoric acid groups is 1. The summed E-state index contributed by atoms with van der Waals surface area (Å²) in [4.78, 5) is 48.6. The van der Waals surface area contributed by atoms with Crippen LogP contribution in [0.4, 0.5) is 10.2 Å². The van der Waals surface area contributed by atoms with Gasteiger partial charge in [0.25, 0.3) is 0 Å². The van der Waals surface area contributed by atoms with Crippen LogP contribution in [0.3, 0.4) is 0 Å². The number of nitrogens with zero attached hydrogens (tertiary/aromatic N) is 3. The lowest BCUT2D eigenvalue weighted by atomic mass is 10.1. The number of ether oxygens (including phenoxy) is 2. The fourth-order valence-electron chi connectivity index (χ4n) is 2.81. The first kappa shape index (κ1) is 24.8. The third kappa shape index (κ3) is 6.48. The predicted molar refractivity (Wildman–Crippen MR) is 104 cm³/mol. The number of hydrogen-bond donors (Lipinski definition) is 4. The highest BCUT2D eigenvalue weighted by Gasteiger charge is 2.49. The van der Waals surface area contributed by atoms with Gasteiger partial charge in [-0.3, -0.25) is 24.1 Å². The van der Waals surface area contributed by atoms with Gasteiger partial charge in [0.2, 0.25) is 5.91 Å². The Labute approximate surface area is 176 Å². The second-order valence-electron chi connectivity index (χ2n) is 6.47. The molecule has 0 saturated carbocycles. The first-order chi connectivity index (χ1) is 14.4. The van der Waals surface area contributed by atoms with Gasteiger partial charge in [-0.05, 0) is 6.42 Å². The molecule has 0 bridgehead atoms. The maximum absolute atomic E-state index is 15.2. The maximum atomic E-state index is 15.2. The van der Waals surface area contributed by atoms with E-state index < -0.39 is 50.9 Å². The molecule has 1 aliphatic heterocycles. The summed E-state index contributed by atoms with van der Waals surface area (Å²) in [6.07, 6.45) is -3.23. The van der Waals surface area contributed by atoms with E-state index >= 15 is 4.39 Å². The predicted octanol–water partition coefficient (Wildman–Crippen LogP) is 0.733. The van der Waals surface area contributed by atoms with Gasteiger partial charge >= 0.3 is 13.8 Å². The molecule has 172 valence electrons. The average Bonchev–Trinajstić information content (AvgIpc) is 3.18. The molecule has 1 aliphatic rings. The molecule has 4 N–H and O–H groups in total. The minimum atomic E-state index is -4.89. The highest BCUT2D eigenvalue weighted by Crippen LogP contribution is 2.41. The number of amidine groups is 1. The van der Waals surface area contributed by atoms with Crippen molar-refractivity contribution in [3.05, 3.63) is 12.0 Å². The number of nitrogens with one attached hydrogen (secondary N) is 2. The number of imidazole rings is 1. The van der Waals surface area contributed by atoms with Crippen LogP contribution in [0.1, 0.15) is 39.1 Å². The number of halogens is 1. The van der Waals surface area contributed by atoms with Crippen LogP contribution >= 0.6 is 7.82 Å². The van der Waals surface area contributed by atoms with Gasteiger partial charge in [0.05, 0.1) is 12.9 Å². The number of carbonyl (C=O) groups excluding carboxylic acids is 2. The number of aromatic nitrogens is 2. The summed E-state index contributed by atoms with van der Waals surface area (Å²) in [5.41, 5.74) is -0.0605. The summed E-state index contributed by atoms with van der Waals surface area (Å²) in [7, 11) is -4.89. The molecule has 4 unspecified atom stereocenters. The molecule has 1 saturated heterocycles. The van der Waals surface area contributed by atoms with Crippen molar-refractivity contribution in [2.45, 2.75) is 51.8 Å². The number of phosphoric ester groups is 1. The highest BCUT2D eigenvalue weighted by molar-refractivity contribution is 7.46. The molecular weight excluding hydrogens is 440 g/mol. The summed E-state index contributed by atoms with van der Waals surface area (Å²) in [6, 6.07) is 0. The van der Waals surface area contributed by atoms with Crippen LogP contribution in [0, 0.1) is 5.41 Å². The lowest BCUT2D eigenvalue weighted by molar-refractivity contribution is -0.152. The Morgan fingerprint density at radius 3 is 2.71 bits per heavy atom. The monoisotopic (exact) mass is 463 g/mol. The summed E-state index contributed by atoms with van der Waals surface area (Å²) in [5, 5.41) is 10.2. The molecule has 0 radical (unpaired) electrons. The quantitative estimate of drug-likeness (QED) is 0.187. The summed E-state index contributed by atoms with van der Waals surface area (Å²) < 4.78 is 42.2. The molecule has 2 heterocycles. The van der Waals surface area contributed by atoms with Gasteiger partial charge in [0, 0.05) is 20.1 Å². The first-order valence-corrected chi connectivity index (χ1v) is 10.6. The number of esters is 1. The van der Waals surface area contributed by atoms with Crippen LogP contribution in [0.2, 0.25) is 0 Å². The van der Waals surface area contributed by atoms with Gasteiger partial charge in [-0.1, -0.05) is 6.92 Å². The number of amides is 1. The number of carbonyl (C=O) groups is 2. The van der Waals surface area contributed by atoms with E-state index in [1.54, 1.807) is 6.92 Å². The minimum Gasteiger partial charge on any atom is -0.456 e. The molecular formula is C16H23FN5O8P. The van der Waals surface area contributed by atoms with E-state index in [-0.39, 0.29) is 17.3 Å². The number of aliphatic imine (C=N–C) groups is 1. The fourth-order valence-corrected chi connectivity index (χ4v) is 3.15. The molecule has 1 aromatic heterocycles.